The molecular formula is C24H34ClN3O6S. The molecular weight excluding hydrogens is 494 g/mol. The number of sulfonamides is 1. The highest BCUT2D eigenvalue weighted by molar-refractivity contribution is 7.89. The first-order chi connectivity index (χ1) is 16.1. The molecule has 0 saturated heterocycles. The van der Waals surface area contributed by atoms with Crippen LogP contribution in [0.1, 0.15) is 24.8 Å². The van der Waals surface area contributed by atoms with E-state index in [1.165, 1.54) is 31.4 Å². The zero-order valence-corrected chi connectivity index (χ0v) is 21.8. The molecule has 0 aliphatic rings. The summed E-state index contributed by atoms with van der Waals surface area (Å²) in [6.45, 7) is 0.581. The van der Waals surface area contributed by atoms with Crippen LogP contribution in [-0.2, 0) is 26.2 Å². The van der Waals surface area contributed by atoms with Crippen LogP contribution in [0.3, 0.4) is 0 Å². The van der Waals surface area contributed by atoms with Crippen molar-refractivity contribution >= 4 is 34.3 Å². The molecule has 0 spiro atoms. The molecule has 0 bridgehead atoms. The lowest BCUT2D eigenvalue weighted by Gasteiger charge is -2.28. The van der Waals surface area contributed by atoms with Crippen LogP contribution in [0, 0.1) is 0 Å². The number of halogens is 1. The number of likely N-dealkylation sites (N-methyl/N-ethyl adjacent to an activating group) is 1. The summed E-state index contributed by atoms with van der Waals surface area (Å²) in [7, 11) is 0.951. The minimum Gasteiger partial charge on any atom is -0.497 e. The normalized spacial score (nSPS) is 12.1. The second-order valence-electron chi connectivity index (χ2n) is 8.15. The number of hydrogen-bond acceptors (Lipinski definition) is 6. The fourth-order valence-corrected chi connectivity index (χ4v) is 5.03. The van der Waals surface area contributed by atoms with E-state index in [0.717, 1.165) is 4.31 Å². The van der Waals surface area contributed by atoms with Crippen LogP contribution in [0.2, 0.25) is 0 Å². The predicted molar refractivity (Wildman–Crippen MR) is 136 cm³/mol. The van der Waals surface area contributed by atoms with Crippen molar-refractivity contribution in [2.24, 2.45) is 0 Å². The van der Waals surface area contributed by atoms with Crippen molar-refractivity contribution in [3.8, 4) is 5.75 Å². The number of aliphatic carboxylic acids is 1. The van der Waals surface area contributed by atoms with E-state index in [0.29, 0.717) is 30.7 Å². The summed E-state index contributed by atoms with van der Waals surface area (Å²) in [6.07, 6.45) is 1.08. The molecule has 11 heteroatoms. The zero-order valence-electron chi connectivity index (χ0n) is 20.2. The number of unbranched alkanes of at least 4 members (excludes halogenated alkanes) is 1. The standard InChI is InChI=1S/C24H33N3O6S.ClH/c1-26(2)18-23(28)25-16-8-7-11-22(24(29)30)27(17-19-9-5-4-6-10-19)34(31,32)21-14-12-20(33-3)13-15-21;/h4-6,9-10,12-15,22H,7-8,11,16-18H2,1-3H3,(H,25,28)(H,29,30);1H/t22-;/m1./s1. The first-order valence-electron chi connectivity index (χ1n) is 11.0. The summed E-state index contributed by atoms with van der Waals surface area (Å²) in [5.41, 5.74) is 0.682. The van der Waals surface area contributed by atoms with Gasteiger partial charge in [-0.1, -0.05) is 30.3 Å². The van der Waals surface area contributed by atoms with Crippen LogP contribution in [0.4, 0.5) is 0 Å². The van der Waals surface area contributed by atoms with Gasteiger partial charge < -0.3 is 20.1 Å². The number of carbonyl (C=O) groups excluding carboxylic acids is 1. The quantitative estimate of drug-likeness (QED) is 0.363. The molecule has 9 nitrogen and oxygen atoms in total. The van der Waals surface area contributed by atoms with E-state index in [-0.39, 0.29) is 42.7 Å². The minimum atomic E-state index is -4.12. The highest BCUT2D eigenvalue weighted by Gasteiger charge is 2.35. The lowest BCUT2D eigenvalue weighted by atomic mass is 10.1. The number of carboxylic acids is 1. The Morgan fingerprint density at radius 2 is 1.66 bits per heavy atom. The maximum Gasteiger partial charge on any atom is 0.322 e. The fourth-order valence-electron chi connectivity index (χ4n) is 3.43. The molecule has 0 heterocycles. The summed E-state index contributed by atoms with van der Waals surface area (Å²) < 4.78 is 33.2. The van der Waals surface area contributed by atoms with E-state index in [1.807, 2.05) is 6.07 Å². The number of nitrogens with one attached hydrogen (secondary N) is 1. The third kappa shape index (κ3) is 9.48. The third-order valence-electron chi connectivity index (χ3n) is 5.17. The van der Waals surface area contributed by atoms with Gasteiger partial charge in [0.15, 0.2) is 0 Å². The maximum atomic E-state index is 13.5. The Balaban J connectivity index is 0.00000612. The summed E-state index contributed by atoms with van der Waals surface area (Å²) >= 11 is 0. The molecule has 1 atom stereocenters. The van der Waals surface area contributed by atoms with Gasteiger partial charge in [-0.25, -0.2) is 8.42 Å². The van der Waals surface area contributed by atoms with Gasteiger partial charge in [0.2, 0.25) is 15.9 Å². The molecule has 0 saturated carbocycles. The van der Waals surface area contributed by atoms with Crippen molar-refractivity contribution in [3.05, 3.63) is 60.2 Å². The first-order valence-corrected chi connectivity index (χ1v) is 12.4. The van der Waals surface area contributed by atoms with E-state index < -0.39 is 22.0 Å². The largest absolute Gasteiger partial charge is 0.497 e. The lowest BCUT2D eigenvalue weighted by molar-refractivity contribution is -0.142. The van der Waals surface area contributed by atoms with Crippen LogP contribution in [0.5, 0.6) is 5.75 Å². The Morgan fingerprint density at radius 3 is 2.20 bits per heavy atom. The van der Waals surface area contributed by atoms with Crippen LogP contribution in [0.15, 0.2) is 59.5 Å². The molecule has 35 heavy (non-hydrogen) atoms. The molecule has 2 aromatic rings. The number of rotatable bonds is 14. The van der Waals surface area contributed by atoms with Gasteiger partial charge in [-0.15, -0.1) is 12.4 Å². The van der Waals surface area contributed by atoms with Gasteiger partial charge in [0.1, 0.15) is 11.8 Å². The highest BCUT2D eigenvalue weighted by atomic mass is 35.5. The van der Waals surface area contributed by atoms with Crippen molar-refractivity contribution in [1.29, 1.82) is 0 Å². The van der Waals surface area contributed by atoms with E-state index in [2.05, 4.69) is 5.32 Å². The summed E-state index contributed by atoms with van der Waals surface area (Å²) in [5.74, 6) is -0.836. The van der Waals surface area contributed by atoms with Crippen molar-refractivity contribution in [1.82, 2.24) is 14.5 Å². The molecule has 0 radical (unpaired) electrons. The van der Waals surface area contributed by atoms with Crippen molar-refractivity contribution in [2.75, 3.05) is 34.3 Å². The van der Waals surface area contributed by atoms with Crippen LogP contribution in [0.25, 0.3) is 0 Å². The topological polar surface area (TPSA) is 116 Å². The number of hydrogen-bond donors (Lipinski definition) is 2. The van der Waals surface area contributed by atoms with Crippen LogP contribution in [-0.4, -0.2) is 74.9 Å². The summed E-state index contributed by atoms with van der Waals surface area (Å²) in [6, 6.07) is 13.5. The Kier molecular flexibility index (Phi) is 12.7. The third-order valence-corrected chi connectivity index (χ3v) is 7.04. The highest BCUT2D eigenvalue weighted by Crippen LogP contribution is 2.25. The molecule has 0 aliphatic heterocycles. The van der Waals surface area contributed by atoms with E-state index >= 15 is 0 Å². The fraction of sp³-hybridized carbons (Fsp3) is 0.417. The number of ether oxygens (including phenoxy) is 1. The Hall–Kier alpha value is -2.66. The molecule has 2 N–H and O–H groups in total. The van der Waals surface area contributed by atoms with E-state index in [9.17, 15) is 23.1 Å². The number of nitrogens with zero attached hydrogens (tertiary/aromatic N) is 2. The van der Waals surface area contributed by atoms with Gasteiger partial charge >= 0.3 is 5.97 Å². The molecule has 1 amide bonds. The average molecular weight is 528 g/mol. The van der Waals surface area contributed by atoms with Crippen molar-refractivity contribution in [3.63, 3.8) is 0 Å². The lowest BCUT2D eigenvalue weighted by Crippen LogP contribution is -2.44. The molecule has 0 aliphatic carbocycles. The first kappa shape index (κ1) is 30.4. The van der Waals surface area contributed by atoms with Crippen molar-refractivity contribution in [2.45, 2.75) is 36.7 Å². The number of carbonyl (C=O) groups is 2. The molecule has 0 unspecified atom stereocenters. The van der Waals surface area contributed by atoms with Gasteiger partial charge in [-0.3, -0.25) is 9.59 Å². The predicted octanol–water partition coefficient (Wildman–Crippen LogP) is 2.61. The van der Waals surface area contributed by atoms with Crippen LogP contribution < -0.4 is 10.1 Å². The number of benzene rings is 2. The molecule has 2 rings (SSSR count). The minimum absolute atomic E-state index is 0. The zero-order chi connectivity index (χ0) is 25.1. The average Bonchev–Trinajstić information content (AvgIpc) is 2.80. The van der Waals surface area contributed by atoms with Gasteiger partial charge in [0.25, 0.3) is 0 Å². The summed E-state index contributed by atoms with van der Waals surface area (Å²) in [5, 5.41) is 12.7. The molecule has 0 fully saturated rings. The van der Waals surface area contributed by atoms with E-state index in [4.69, 9.17) is 4.74 Å². The number of carboxylic acid groups (broad SMARTS) is 1. The Labute approximate surface area is 213 Å². The molecule has 194 valence electrons. The summed E-state index contributed by atoms with van der Waals surface area (Å²) in [4.78, 5) is 25.7. The van der Waals surface area contributed by atoms with E-state index in [1.54, 1.807) is 43.3 Å². The monoisotopic (exact) mass is 527 g/mol. The molecule has 0 aromatic heterocycles. The molecule has 2 aromatic carbocycles. The Morgan fingerprint density at radius 1 is 1.03 bits per heavy atom. The van der Waals surface area contributed by atoms with Gasteiger partial charge in [-0.05, 0) is 63.2 Å². The van der Waals surface area contributed by atoms with Gasteiger partial charge in [0, 0.05) is 13.1 Å². The van der Waals surface area contributed by atoms with Gasteiger partial charge in [0.05, 0.1) is 18.6 Å². The number of amides is 1. The maximum absolute atomic E-state index is 13.5. The van der Waals surface area contributed by atoms with Crippen LogP contribution >= 0.6 is 12.4 Å². The Bertz CT molecular complexity index is 1030. The second-order valence-corrected chi connectivity index (χ2v) is 10.0. The second kappa shape index (κ2) is 14.7. The number of methoxy groups -OCH3 is 1. The smallest absolute Gasteiger partial charge is 0.322 e. The van der Waals surface area contributed by atoms with Crippen molar-refractivity contribution < 1.29 is 27.9 Å². The SMILES string of the molecule is COc1ccc(S(=O)(=O)N(Cc2ccccc2)[C@H](CCCCNC(=O)CN(C)C)C(=O)O)cc1.Cl. The van der Waals surface area contributed by atoms with Gasteiger partial charge in [-0.2, -0.15) is 4.31 Å².